The van der Waals surface area contributed by atoms with E-state index in [1.54, 1.807) is 12.3 Å². The summed E-state index contributed by atoms with van der Waals surface area (Å²) in [5.74, 6) is 1.82. The molecule has 4 nitrogen and oxygen atoms in total. The van der Waals surface area contributed by atoms with Gasteiger partial charge in [0, 0.05) is 6.20 Å². The molecule has 1 heterocycles. The fourth-order valence-corrected chi connectivity index (χ4v) is 1.44. The monoisotopic (exact) mass is 215 g/mol. The molecule has 0 atom stereocenters. The number of hydrogen-bond donors (Lipinski definition) is 1. The molecule has 0 aliphatic rings. The van der Waals surface area contributed by atoms with Crippen molar-refractivity contribution in [2.45, 2.75) is 6.92 Å². The molecule has 2 N–H and O–H groups in total. The van der Waals surface area contributed by atoms with Crippen molar-refractivity contribution < 1.29 is 4.74 Å². The topological polar surface area (TPSA) is 61.0 Å². The zero-order valence-corrected chi connectivity index (χ0v) is 9.05. The summed E-state index contributed by atoms with van der Waals surface area (Å²) in [6, 6.07) is 9.31. The van der Waals surface area contributed by atoms with Crippen LogP contribution in [0.2, 0.25) is 0 Å². The van der Waals surface area contributed by atoms with Crippen LogP contribution in [0.1, 0.15) is 6.92 Å². The Morgan fingerprint density at radius 1 is 1.25 bits per heavy atom. The molecule has 16 heavy (non-hydrogen) atoms. The Labute approximate surface area is 94.1 Å². The predicted octanol–water partition coefficient (Wildman–Crippen LogP) is 2.12. The van der Waals surface area contributed by atoms with E-state index >= 15 is 0 Å². The summed E-state index contributed by atoms with van der Waals surface area (Å²) in [5.41, 5.74) is 6.49. The van der Waals surface area contributed by atoms with E-state index in [1.165, 1.54) is 0 Å². The van der Waals surface area contributed by atoms with Gasteiger partial charge in [-0.1, -0.05) is 12.1 Å². The standard InChI is InChI=1S/C12H13N3O/c1-2-16-10-6-4-3-5-9(10)12-14-8-7-11(13)15-12/h3-8H,2H2,1H3,(H2,13,14,15). The Morgan fingerprint density at radius 2 is 2.06 bits per heavy atom. The highest BCUT2D eigenvalue weighted by atomic mass is 16.5. The van der Waals surface area contributed by atoms with E-state index in [4.69, 9.17) is 10.5 Å². The van der Waals surface area contributed by atoms with Crippen molar-refractivity contribution in [1.29, 1.82) is 0 Å². The van der Waals surface area contributed by atoms with Gasteiger partial charge >= 0.3 is 0 Å². The maximum absolute atomic E-state index is 5.63. The number of hydrogen-bond acceptors (Lipinski definition) is 4. The maximum Gasteiger partial charge on any atom is 0.165 e. The number of ether oxygens (including phenoxy) is 1. The van der Waals surface area contributed by atoms with Crippen LogP contribution in [-0.2, 0) is 0 Å². The minimum Gasteiger partial charge on any atom is -0.493 e. The second kappa shape index (κ2) is 4.61. The summed E-state index contributed by atoms with van der Waals surface area (Å²) in [5, 5.41) is 0. The molecule has 1 aromatic heterocycles. The van der Waals surface area contributed by atoms with Crippen molar-refractivity contribution in [3.8, 4) is 17.1 Å². The van der Waals surface area contributed by atoms with Gasteiger partial charge in [-0.05, 0) is 25.1 Å². The van der Waals surface area contributed by atoms with E-state index < -0.39 is 0 Å². The third-order valence-electron chi connectivity index (χ3n) is 2.10. The number of nitrogen functional groups attached to an aromatic ring is 1. The van der Waals surface area contributed by atoms with Gasteiger partial charge in [-0.3, -0.25) is 0 Å². The molecule has 0 spiro atoms. The lowest BCUT2D eigenvalue weighted by atomic mass is 10.2. The summed E-state index contributed by atoms with van der Waals surface area (Å²) in [6.45, 7) is 2.55. The van der Waals surface area contributed by atoms with Gasteiger partial charge in [0.15, 0.2) is 5.82 Å². The Kier molecular flexibility index (Phi) is 3.00. The number of anilines is 1. The van der Waals surface area contributed by atoms with Crippen LogP contribution >= 0.6 is 0 Å². The Balaban J connectivity index is 2.46. The van der Waals surface area contributed by atoms with Crippen LogP contribution in [-0.4, -0.2) is 16.6 Å². The number of para-hydroxylation sites is 1. The molecule has 0 aliphatic heterocycles. The molecule has 0 saturated carbocycles. The first-order chi connectivity index (χ1) is 7.81. The smallest absolute Gasteiger partial charge is 0.165 e. The van der Waals surface area contributed by atoms with Crippen LogP contribution in [0.25, 0.3) is 11.4 Å². The molecule has 0 fully saturated rings. The average molecular weight is 215 g/mol. The van der Waals surface area contributed by atoms with Gasteiger partial charge in [0.25, 0.3) is 0 Å². The van der Waals surface area contributed by atoms with E-state index in [2.05, 4.69) is 9.97 Å². The normalized spacial score (nSPS) is 10.1. The van der Waals surface area contributed by atoms with Crippen LogP contribution in [0, 0.1) is 0 Å². The molecule has 2 rings (SSSR count). The minimum atomic E-state index is 0.455. The van der Waals surface area contributed by atoms with Gasteiger partial charge in [0.2, 0.25) is 0 Å². The van der Waals surface area contributed by atoms with Crippen molar-refractivity contribution in [1.82, 2.24) is 9.97 Å². The SMILES string of the molecule is CCOc1ccccc1-c1nccc(N)n1. The summed E-state index contributed by atoms with van der Waals surface area (Å²) in [4.78, 5) is 8.35. The van der Waals surface area contributed by atoms with Crippen LogP contribution in [0.4, 0.5) is 5.82 Å². The van der Waals surface area contributed by atoms with Gasteiger partial charge in [0.05, 0.1) is 12.2 Å². The molecule has 0 bridgehead atoms. The van der Waals surface area contributed by atoms with Gasteiger partial charge in [-0.2, -0.15) is 0 Å². The Bertz CT molecular complexity index is 485. The number of rotatable bonds is 3. The molecule has 0 aliphatic carbocycles. The highest BCUT2D eigenvalue weighted by Gasteiger charge is 2.07. The van der Waals surface area contributed by atoms with Crippen LogP contribution < -0.4 is 10.5 Å². The third-order valence-corrected chi connectivity index (χ3v) is 2.10. The Hall–Kier alpha value is -2.10. The molecule has 82 valence electrons. The zero-order chi connectivity index (χ0) is 11.4. The lowest BCUT2D eigenvalue weighted by molar-refractivity contribution is 0.341. The quantitative estimate of drug-likeness (QED) is 0.851. The molecule has 4 heteroatoms. The van der Waals surface area contributed by atoms with Crippen LogP contribution in [0.15, 0.2) is 36.5 Å². The van der Waals surface area contributed by atoms with Crippen molar-refractivity contribution in [3.63, 3.8) is 0 Å². The van der Waals surface area contributed by atoms with E-state index in [9.17, 15) is 0 Å². The van der Waals surface area contributed by atoms with Crippen molar-refractivity contribution in [3.05, 3.63) is 36.5 Å². The van der Waals surface area contributed by atoms with Gasteiger partial charge in [-0.15, -0.1) is 0 Å². The molecule has 0 amide bonds. The summed E-state index contributed by atoms with van der Waals surface area (Å²) in [7, 11) is 0. The highest BCUT2D eigenvalue weighted by Crippen LogP contribution is 2.27. The summed E-state index contributed by atoms with van der Waals surface area (Å²) < 4.78 is 5.51. The lowest BCUT2D eigenvalue weighted by Gasteiger charge is -2.08. The Morgan fingerprint density at radius 3 is 2.81 bits per heavy atom. The second-order valence-corrected chi connectivity index (χ2v) is 3.23. The van der Waals surface area contributed by atoms with Crippen LogP contribution in [0.5, 0.6) is 5.75 Å². The van der Waals surface area contributed by atoms with Crippen molar-refractivity contribution in [2.24, 2.45) is 0 Å². The van der Waals surface area contributed by atoms with E-state index in [-0.39, 0.29) is 0 Å². The van der Waals surface area contributed by atoms with Crippen LogP contribution in [0.3, 0.4) is 0 Å². The first kappa shape index (κ1) is 10.4. The predicted molar refractivity (Wildman–Crippen MR) is 63.0 cm³/mol. The largest absolute Gasteiger partial charge is 0.493 e. The van der Waals surface area contributed by atoms with E-state index in [0.717, 1.165) is 11.3 Å². The molecular formula is C12H13N3O. The number of nitrogens with two attached hydrogens (primary N) is 1. The number of nitrogens with zero attached hydrogens (tertiary/aromatic N) is 2. The molecule has 0 unspecified atom stereocenters. The molecule has 1 aromatic carbocycles. The van der Waals surface area contributed by atoms with Crippen molar-refractivity contribution in [2.75, 3.05) is 12.3 Å². The van der Waals surface area contributed by atoms with Gasteiger partial charge in [-0.25, -0.2) is 9.97 Å². The second-order valence-electron chi connectivity index (χ2n) is 3.23. The molecule has 2 aromatic rings. The first-order valence-electron chi connectivity index (χ1n) is 5.12. The highest BCUT2D eigenvalue weighted by molar-refractivity contribution is 5.64. The fourth-order valence-electron chi connectivity index (χ4n) is 1.44. The molecular weight excluding hydrogens is 202 g/mol. The first-order valence-corrected chi connectivity index (χ1v) is 5.12. The fraction of sp³-hybridized carbons (Fsp3) is 0.167. The minimum absolute atomic E-state index is 0.455. The summed E-state index contributed by atoms with van der Waals surface area (Å²) >= 11 is 0. The van der Waals surface area contributed by atoms with Gasteiger partial charge < -0.3 is 10.5 Å². The molecule has 0 radical (unpaired) electrons. The third kappa shape index (κ3) is 2.11. The zero-order valence-electron chi connectivity index (χ0n) is 9.05. The average Bonchev–Trinajstić information content (AvgIpc) is 2.30. The number of benzene rings is 1. The van der Waals surface area contributed by atoms with E-state index in [1.807, 2.05) is 31.2 Å². The lowest BCUT2D eigenvalue weighted by Crippen LogP contribution is -1.98. The maximum atomic E-state index is 5.63. The van der Waals surface area contributed by atoms with Crippen molar-refractivity contribution >= 4 is 5.82 Å². The number of aromatic nitrogens is 2. The molecule has 0 saturated heterocycles. The summed E-state index contributed by atoms with van der Waals surface area (Å²) in [6.07, 6.45) is 1.64. The van der Waals surface area contributed by atoms with E-state index in [0.29, 0.717) is 18.2 Å². The van der Waals surface area contributed by atoms with Gasteiger partial charge in [0.1, 0.15) is 11.6 Å².